The monoisotopic (exact) mass is 167 g/mol. The summed E-state index contributed by atoms with van der Waals surface area (Å²) in [7, 11) is 2.02. The van der Waals surface area contributed by atoms with Crippen LogP contribution in [0.4, 0.5) is 0 Å². The third kappa shape index (κ3) is 6.24. The van der Waals surface area contributed by atoms with E-state index >= 15 is 0 Å². The predicted molar refractivity (Wildman–Crippen MR) is 55.1 cm³/mol. The molecular formula is C11H21N. The van der Waals surface area contributed by atoms with Crippen molar-refractivity contribution in [3.63, 3.8) is 0 Å². The Morgan fingerprint density at radius 3 is 2.42 bits per heavy atom. The smallest absolute Gasteiger partial charge is 0.0122 e. The lowest BCUT2D eigenvalue weighted by Crippen LogP contribution is -2.35. The van der Waals surface area contributed by atoms with Crippen LogP contribution in [0.1, 0.15) is 46.0 Å². The molecule has 0 aromatic carbocycles. The molecule has 0 bridgehead atoms. The molecular weight excluding hydrogens is 146 g/mol. The zero-order chi connectivity index (χ0) is 9.45. The van der Waals surface area contributed by atoms with Gasteiger partial charge in [0.1, 0.15) is 0 Å². The van der Waals surface area contributed by atoms with Gasteiger partial charge in [0.2, 0.25) is 0 Å². The molecule has 0 heterocycles. The Morgan fingerprint density at radius 1 is 1.25 bits per heavy atom. The normalized spacial score (nSPS) is 11.2. The standard InChI is InChI=1S/C11H21N/c1-5-6-7-8-9-10-11(2,3)12-4/h1,12H,6-10H2,2-4H3. The molecule has 0 aliphatic rings. The highest BCUT2D eigenvalue weighted by Gasteiger charge is 2.12. The summed E-state index contributed by atoms with van der Waals surface area (Å²) in [5, 5.41) is 3.29. The minimum absolute atomic E-state index is 0.288. The zero-order valence-corrected chi connectivity index (χ0v) is 8.61. The van der Waals surface area contributed by atoms with Crippen LogP contribution in [0, 0.1) is 12.3 Å². The number of terminal acetylenes is 1. The van der Waals surface area contributed by atoms with Gasteiger partial charge in [-0.15, -0.1) is 12.3 Å². The first-order valence-corrected chi connectivity index (χ1v) is 4.75. The van der Waals surface area contributed by atoms with E-state index in [-0.39, 0.29) is 5.54 Å². The third-order valence-electron chi connectivity index (χ3n) is 2.30. The molecule has 70 valence electrons. The van der Waals surface area contributed by atoms with Crippen LogP contribution in [0.15, 0.2) is 0 Å². The fourth-order valence-corrected chi connectivity index (χ4v) is 1.10. The summed E-state index contributed by atoms with van der Waals surface area (Å²) in [6.07, 6.45) is 11.0. The highest BCUT2D eigenvalue weighted by molar-refractivity contribution is 4.83. The lowest BCUT2D eigenvalue weighted by molar-refractivity contribution is 0.375. The maximum Gasteiger partial charge on any atom is 0.0122 e. The van der Waals surface area contributed by atoms with E-state index in [0.717, 1.165) is 6.42 Å². The molecule has 0 spiro atoms. The molecule has 0 radical (unpaired) electrons. The zero-order valence-electron chi connectivity index (χ0n) is 8.61. The van der Waals surface area contributed by atoms with Gasteiger partial charge in [0, 0.05) is 12.0 Å². The van der Waals surface area contributed by atoms with E-state index in [4.69, 9.17) is 6.42 Å². The third-order valence-corrected chi connectivity index (χ3v) is 2.30. The second-order valence-electron chi connectivity index (χ2n) is 3.90. The van der Waals surface area contributed by atoms with Gasteiger partial charge < -0.3 is 5.32 Å². The summed E-state index contributed by atoms with van der Waals surface area (Å²) >= 11 is 0. The highest BCUT2D eigenvalue weighted by atomic mass is 14.9. The van der Waals surface area contributed by atoms with Crippen LogP contribution >= 0.6 is 0 Å². The van der Waals surface area contributed by atoms with Crippen molar-refractivity contribution in [3.05, 3.63) is 0 Å². The molecule has 0 atom stereocenters. The molecule has 0 saturated carbocycles. The van der Waals surface area contributed by atoms with E-state index in [1.165, 1.54) is 25.7 Å². The number of hydrogen-bond acceptors (Lipinski definition) is 1. The Balaban J connectivity index is 3.26. The molecule has 0 amide bonds. The van der Waals surface area contributed by atoms with E-state index in [0.29, 0.717) is 0 Å². The summed E-state index contributed by atoms with van der Waals surface area (Å²) in [6.45, 7) is 4.46. The Hall–Kier alpha value is -0.480. The fraction of sp³-hybridized carbons (Fsp3) is 0.818. The summed E-state index contributed by atoms with van der Waals surface area (Å²) in [5.74, 6) is 2.66. The van der Waals surface area contributed by atoms with Crippen LogP contribution in [-0.2, 0) is 0 Å². The minimum atomic E-state index is 0.288. The van der Waals surface area contributed by atoms with Crippen molar-refractivity contribution in [1.29, 1.82) is 0 Å². The van der Waals surface area contributed by atoms with Crippen molar-refractivity contribution >= 4 is 0 Å². The van der Waals surface area contributed by atoms with E-state index in [1.54, 1.807) is 0 Å². The van der Waals surface area contributed by atoms with Gasteiger partial charge in [0.25, 0.3) is 0 Å². The first kappa shape index (κ1) is 11.5. The van der Waals surface area contributed by atoms with Crippen molar-refractivity contribution in [2.24, 2.45) is 0 Å². The van der Waals surface area contributed by atoms with Crippen LogP contribution in [0.5, 0.6) is 0 Å². The van der Waals surface area contributed by atoms with Gasteiger partial charge in [-0.05, 0) is 33.7 Å². The minimum Gasteiger partial charge on any atom is -0.315 e. The van der Waals surface area contributed by atoms with Gasteiger partial charge in [-0.25, -0.2) is 0 Å². The van der Waals surface area contributed by atoms with Gasteiger partial charge >= 0.3 is 0 Å². The fourth-order valence-electron chi connectivity index (χ4n) is 1.10. The van der Waals surface area contributed by atoms with E-state index in [9.17, 15) is 0 Å². The Bertz CT molecular complexity index is 142. The van der Waals surface area contributed by atoms with E-state index in [1.807, 2.05) is 7.05 Å². The van der Waals surface area contributed by atoms with Gasteiger partial charge in [0.15, 0.2) is 0 Å². The Labute approximate surface area is 76.9 Å². The number of nitrogens with one attached hydrogen (secondary N) is 1. The largest absolute Gasteiger partial charge is 0.315 e. The van der Waals surface area contributed by atoms with E-state index in [2.05, 4.69) is 25.1 Å². The second-order valence-corrected chi connectivity index (χ2v) is 3.90. The van der Waals surface area contributed by atoms with Gasteiger partial charge in [-0.2, -0.15) is 0 Å². The maximum absolute atomic E-state index is 5.16. The molecule has 12 heavy (non-hydrogen) atoms. The van der Waals surface area contributed by atoms with Crippen molar-refractivity contribution in [1.82, 2.24) is 5.32 Å². The quantitative estimate of drug-likeness (QED) is 0.473. The van der Waals surface area contributed by atoms with Gasteiger partial charge in [0.05, 0.1) is 0 Å². The summed E-state index contributed by atoms with van der Waals surface area (Å²) in [4.78, 5) is 0. The highest BCUT2D eigenvalue weighted by Crippen LogP contribution is 2.13. The molecule has 0 unspecified atom stereocenters. The summed E-state index contributed by atoms with van der Waals surface area (Å²) < 4.78 is 0. The number of rotatable bonds is 6. The van der Waals surface area contributed by atoms with Crippen LogP contribution in [0.25, 0.3) is 0 Å². The number of hydrogen-bond donors (Lipinski definition) is 1. The lowest BCUT2D eigenvalue weighted by atomic mass is 9.97. The van der Waals surface area contributed by atoms with Crippen molar-refractivity contribution in [3.8, 4) is 12.3 Å². The van der Waals surface area contributed by atoms with Crippen LogP contribution in [-0.4, -0.2) is 12.6 Å². The molecule has 0 aliphatic heterocycles. The first-order valence-electron chi connectivity index (χ1n) is 4.75. The molecule has 0 fully saturated rings. The molecule has 1 N–H and O–H groups in total. The Morgan fingerprint density at radius 2 is 1.92 bits per heavy atom. The molecule has 0 rings (SSSR count). The van der Waals surface area contributed by atoms with Crippen molar-refractivity contribution < 1.29 is 0 Å². The van der Waals surface area contributed by atoms with E-state index < -0.39 is 0 Å². The SMILES string of the molecule is C#CCCCCCC(C)(C)NC. The topological polar surface area (TPSA) is 12.0 Å². The van der Waals surface area contributed by atoms with Crippen LogP contribution < -0.4 is 5.32 Å². The first-order chi connectivity index (χ1) is 5.62. The second kappa shape index (κ2) is 6.08. The van der Waals surface area contributed by atoms with Gasteiger partial charge in [-0.3, -0.25) is 0 Å². The summed E-state index contributed by atoms with van der Waals surface area (Å²) in [6, 6.07) is 0. The predicted octanol–water partition coefficient (Wildman–Crippen LogP) is 2.57. The average molecular weight is 167 g/mol. The van der Waals surface area contributed by atoms with Crippen molar-refractivity contribution in [2.75, 3.05) is 7.05 Å². The van der Waals surface area contributed by atoms with Gasteiger partial charge in [-0.1, -0.05) is 12.8 Å². The summed E-state index contributed by atoms with van der Waals surface area (Å²) in [5.41, 5.74) is 0.288. The number of unbranched alkanes of at least 4 members (excludes halogenated alkanes) is 3. The Kier molecular flexibility index (Phi) is 5.84. The lowest BCUT2D eigenvalue weighted by Gasteiger charge is -2.23. The van der Waals surface area contributed by atoms with Crippen LogP contribution in [0.3, 0.4) is 0 Å². The molecule has 0 aromatic rings. The molecule has 1 nitrogen and oxygen atoms in total. The molecule has 0 aliphatic carbocycles. The van der Waals surface area contributed by atoms with Crippen LogP contribution in [0.2, 0.25) is 0 Å². The molecule has 1 heteroatoms. The molecule has 0 aromatic heterocycles. The molecule has 0 saturated heterocycles. The average Bonchev–Trinajstić information content (AvgIpc) is 2.04. The maximum atomic E-state index is 5.16. The van der Waals surface area contributed by atoms with Crippen molar-refractivity contribution in [2.45, 2.75) is 51.5 Å².